The van der Waals surface area contributed by atoms with E-state index in [-0.39, 0.29) is 17.5 Å². The lowest BCUT2D eigenvalue weighted by atomic mass is 10.0. The van der Waals surface area contributed by atoms with Crippen molar-refractivity contribution in [3.05, 3.63) is 77.7 Å². The topological polar surface area (TPSA) is 70.2 Å². The van der Waals surface area contributed by atoms with Gasteiger partial charge in [0.25, 0.3) is 5.91 Å². The third-order valence-electron chi connectivity index (χ3n) is 5.28. The number of nitrogens with zero attached hydrogens (tertiary/aromatic N) is 3. The molecule has 1 aromatic heterocycles. The van der Waals surface area contributed by atoms with Crippen molar-refractivity contribution in [2.24, 2.45) is 0 Å². The van der Waals surface area contributed by atoms with Crippen LogP contribution < -0.4 is 15.5 Å². The van der Waals surface area contributed by atoms with Gasteiger partial charge in [-0.15, -0.1) is 0 Å². The molecule has 2 N–H and O–H groups in total. The van der Waals surface area contributed by atoms with E-state index in [4.69, 9.17) is 0 Å². The Balaban J connectivity index is 1.36. The normalized spacial score (nSPS) is 14.4. The number of carbonyl (C=O) groups is 1. The molecule has 2 heterocycles. The van der Waals surface area contributed by atoms with Crippen LogP contribution in [0.4, 0.5) is 21.8 Å². The van der Waals surface area contributed by atoms with E-state index in [9.17, 15) is 9.18 Å². The van der Waals surface area contributed by atoms with Crippen LogP contribution in [0.3, 0.4) is 0 Å². The van der Waals surface area contributed by atoms with Gasteiger partial charge >= 0.3 is 0 Å². The number of carbonyl (C=O) groups excluding carboxylic acids is 1. The molecule has 0 unspecified atom stereocenters. The lowest BCUT2D eigenvalue weighted by Crippen LogP contribution is -2.45. The van der Waals surface area contributed by atoms with Gasteiger partial charge in [-0.25, -0.2) is 9.37 Å². The van der Waals surface area contributed by atoms with Crippen LogP contribution in [0.15, 0.2) is 60.8 Å². The van der Waals surface area contributed by atoms with Crippen molar-refractivity contribution in [2.45, 2.75) is 25.8 Å². The van der Waals surface area contributed by atoms with Crippen molar-refractivity contribution in [1.29, 1.82) is 0 Å². The largest absolute Gasteiger partial charge is 0.349 e. The van der Waals surface area contributed by atoms with Gasteiger partial charge in [0.2, 0.25) is 5.95 Å². The van der Waals surface area contributed by atoms with E-state index < -0.39 is 5.82 Å². The summed E-state index contributed by atoms with van der Waals surface area (Å²) in [6, 6.07) is 15.9. The molecule has 1 saturated heterocycles. The quantitative estimate of drug-likeness (QED) is 0.670. The second-order valence-corrected chi connectivity index (χ2v) is 7.40. The number of anilines is 3. The molecule has 0 radical (unpaired) electrons. The summed E-state index contributed by atoms with van der Waals surface area (Å²) in [6.45, 7) is 3.48. The average Bonchev–Trinajstić information content (AvgIpc) is 2.76. The van der Waals surface area contributed by atoms with Crippen LogP contribution >= 0.6 is 0 Å². The van der Waals surface area contributed by atoms with Crippen molar-refractivity contribution < 1.29 is 9.18 Å². The SMILES string of the molecule is Cc1ccccc1Nc1ccnc(N2CCC(NC(=O)c3ccccc3F)CC2)n1. The number of benzene rings is 2. The number of aryl methyl sites for hydroxylation is 1. The van der Waals surface area contributed by atoms with Crippen molar-refractivity contribution in [2.75, 3.05) is 23.3 Å². The van der Waals surface area contributed by atoms with Gasteiger partial charge in [0.15, 0.2) is 0 Å². The molecule has 0 aliphatic carbocycles. The Morgan fingerprint density at radius 1 is 1.07 bits per heavy atom. The van der Waals surface area contributed by atoms with Gasteiger partial charge in [-0.05, 0) is 49.6 Å². The summed E-state index contributed by atoms with van der Waals surface area (Å²) in [6.07, 6.45) is 3.24. The van der Waals surface area contributed by atoms with E-state index >= 15 is 0 Å². The number of piperidine rings is 1. The van der Waals surface area contributed by atoms with Crippen molar-refractivity contribution in [1.82, 2.24) is 15.3 Å². The summed E-state index contributed by atoms with van der Waals surface area (Å²) in [5.41, 5.74) is 2.24. The zero-order valence-electron chi connectivity index (χ0n) is 16.8. The second kappa shape index (κ2) is 8.90. The molecule has 154 valence electrons. The molecule has 7 heteroatoms. The summed E-state index contributed by atoms with van der Waals surface area (Å²) in [7, 11) is 0. The first kappa shape index (κ1) is 19.8. The van der Waals surface area contributed by atoms with Crippen LogP contribution in [-0.2, 0) is 0 Å². The first-order valence-electron chi connectivity index (χ1n) is 10.1. The van der Waals surface area contributed by atoms with Gasteiger partial charge in [0.05, 0.1) is 5.56 Å². The molecule has 0 atom stereocenters. The number of nitrogens with one attached hydrogen (secondary N) is 2. The van der Waals surface area contributed by atoms with Crippen molar-refractivity contribution in [3.8, 4) is 0 Å². The number of rotatable bonds is 5. The highest BCUT2D eigenvalue weighted by Crippen LogP contribution is 2.22. The third-order valence-corrected chi connectivity index (χ3v) is 5.28. The minimum atomic E-state index is -0.501. The highest BCUT2D eigenvalue weighted by atomic mass is 19.1. The molecule has 30 heavy (non-hydrogen) atoms. The van der Waals surface area contributed by atoms with Crippen LogP contribution in [0.2, 0.25) is 0 Å². The zero-order chi connectivity index (χ0) is 20.9. The second-order valence-electron chi connectivity index (χ2n) is 7.40. The molecule has 4 rings (SSSR count). The Kier molecular flexibility index (Phi) is 5.88. The molecule has 1 aliphatic rings. The van der Waals surface area contributed by atoms with Crippen LogP contribution in [0.5, 0.6) is 0 Å². The minimum Gasteiger partial charge on any atom is -0.349 e. The predicted molar refractivity (Wildman–Crippen MR) is 116 cm³/mol. The molecule has 1 fully saturated rings. The summed E-state index contributed by atoms with van der Waals surface area (Å²) in [5.74, 6) is 0.530. The van der Waals surface area contributed by atoms with Gasteiger partial charge in [-0.1, -0.05) is 30.3 Å². The van der Waals surface area contributed by atoms with Gasteiger partial charge < -0.3 is 15.5 Å². The number of para-hydroxylation sites is 1. The minimum absolute atomic E-state index is 0.00151. The van der Waals surface area contributed by atoms with Crippen molar-refractivity contribution >= 4 is 23.4 Å². The van der Waals surface area contributed by atoms with E-state index in [1.54, 1.807) is 18.3 Å². The maximum Gasteiger partial charge on any atom is 0.254 e. The first-order valence-corrected chi connectivity index (χ1v) is 10.1. The van der Waals surface area contributed by atoms with Gasteiger partial charge in [0.1, 0.15) is 11.6 Å². The molecule has 0 bridgehead atoms. The maximum atomic E-state index is 13.8. The summed E-state index contributed by atoms with van der Waals surface area (Å²) in [5, 5.41) is 6.28. The molecule has 3 aromatic rings. The molecule has 1 amide bonds. The van der Waals surface area contributed by atoms with E-state index in [1.165, 1.54) is 12.1 Å². The number of hydrogen-bond acceptors (Lipinski definition) is 5. The lowest BCUT2D eigenvalue weighted by molar-refractivity contribution is 0.0927. The Hall–Kier alpha value is -3.48. The van der Waals surface area contributed by atoms with E-state index in [1.807, 2.05) is 37.3 Å². The summed E-state index contributed by atoms with van der Waals surface area (Å²) < 4.78 is 13.8. The Morgan fingerprint density at radius 2 is 1.80 bits per heavy atom. The molecule has 0 saturated carbocycles. The number of amides is 1. The standard InChI is InChI=1S/C23H24FN5O/c1-16-6-2-5-9-20(16)27-21-10-13-25-23(28-21)29-14-11-17(12-15-29)26-22(30)18-7-3-4-8-19(18)24/h2-10,13,17H,11-12,14-15H2,1H3,(H,26,30)(H,25,27,28). The average molecular weight is 405 g/mol. The monoisotopic (exact) mass is 405 g/mol. The van der Waals surface area contributed by atoms with Gasteiger partial charge in [-0.2, -0.15) is 4.98 Å². The van der Waals surface area contributed by atoms with Crippen LogP contribution in [-0.4, -0.2) is 35.0 Å². The molecule has 6 nitrogen and oxygen atoms in total. The third kappa shape index (κ3) is 4.56. The number of hydrogen-bond donors (Lipinski definition) is 2. The van der Waals surface area contributed by atoms with Crippen LogP contribution in [0.25, 0.3) is 0 Å². The molecule has 0 spiro atoms. The smallest absolute Gasteiger partial charge is 0.254 e. The van der Waals surface area contributed by atoms with Crippen molar-refractivity contribution in [3.63, 3.8) is 0 Å². The molecular weight excluding hydrogens is 381 g/mol. The van der Waals surface area contributed by atoms with E-state index in [2.05, 4.69) is 25.5 Å². The zero-order valence-corrected chi connectivity index (χ0v) is 16.8. The fourth-order valence-electron chi connectivity index (χ4n) is 3.55. The predicted octanol–water partition coefficient (Wildman–Crippen LogP) is 4.07. The van der Waals surface area contributed by atoms with E-state index in [0.29, 0.717) is 5.95 Å². The number of halogens is 1. The Labute approximate surface area is 175 Å². The maximum absolute atomic E-state index is 13.8. The van der Waals surface area contributed by atoms with Crippen LogP contribution in [0, 0.1) is 12.7 Å². The lowest BCUT2D eigenvalue weighted by Gasteiger charge is -2.32. The van der Waals surface area contributed by atoms with Gasteiger partial charge in [-0.3, -0.25) is 4.79 Å². The van der Waals surface area contributed by atoms with E-state index in [0.717, 1.165) is 43.0 Å². The number of aromatic nitrogens is 2. The Bertz CT molecular complexity index is 1030. The highest BCUT2D eigenvalue weighted by Gasteiger charge is 2.23. The summed E-state index contributed by atoms with van der Waals surface area (Å²) in [4.78, 5) is 23.5. The summed E-state index contributed by atoms with van der Waals surface area (Å²) >= 11 is 0. The first-order chi connectivity index (χ1) is 14.6. The Morgan fingerprint density at radius 3 is 2.57 bits per heavy atom. The fourth-order valence-corrected chi connectivity index (χ4v) is 3.55. The molecule has 2 aromatic carbocycles. The highest BCUT2D eigenvalue weighted by molar-refractivity contribution is 5.94. The van der Waals surface area contributed by atoms with Gasteiger partial charge in [0, 0.05) is 31.0 Å². The van der Waals surface area contributed by atoms with Crippen LogP contribution in [0.1, 0.15) is 28.8 Å². The fraction of sp³-hybridized carbons (Fsp3) is 0.261. The molecular formula is C23H24FN5O. The molecule has 1 aliphatic heterocycles.